The highest BCUT2D eigenvalue weighted by atomic mass is 35.5. The number of hydrogen-bond donors (Lipinski definition) is 1. The molecule has 0 unspecified atom stereocenters. The van der Waals surface area contributed by atoms with E-state index in [0.717, 1.165) is 12.3 Å². The summed E-state index contributed by atoms with van der Waals surface area (Å²) in [4.78, 5) is 3.56. The summed E-state index contributed by atoms with van der Waals surface area (Å²) in [6.07, 6.45) is -1.62. The second-order valence-corrected chi connectivity index (χ2v) is 2.44. The highest BCUT2D eigenvalue weighted by Crippen LogP contribution is 2.24. The standard InChI is InChI=1S/C7H6ClF2NO/c8-2-5-6(12)1-4(3-11-5)7(9)10/h1,3,7,12H,2H2. The lowest BCUT2D eigenvalue weighted by Gasteiger charge is -2.02. The van der Waals surface area contributed by atoms with Crippen LogP contribution in [0.3, 0.4) is 0 Å². The zero-order valence-electron chi connectivity index (χ0n) is 5.97. The summed E-state index contributed by atoms with van der Waals surface area (Å²) < 4.78 is 24.0. The molecular formula is C7H6ClF2NO. The van der Waals surface area contributed by atoms with Gasteiger partial charge in [-0.3, -0.25) is 4.98 Å². The molecule has 0 fully saturated rings. The van der Waals surface area contributed by atoms with E-state index in [1.807, 2.05) is 0 Å². The molecule has 5 heteroatoms. The van der Waals surface area contributed by atoms with E-state index < -0.39 is 6.43 Å². The maximum atomic E-state index is 12.0. The third kappa shape index (κ3) is 1.82. The molecule has 0 aliphatic carbocycles. The quantitative estimate of drug-likeness (QED) is 0.732. The Morgan fingerprint density at radius 2 is 2.25 bits per heavy atom. The molecule has 12 heavy (non-hydrogen) atoms. The van der Waals surface area contributed by atoms with Crippen LogP contribution in [0.1, 0.15) is 17.7 Å². The summed E-state index contributed by atoms with van der Waals surface area (Å²) in [5.41, 5.74) is -0.0950. The average Bonchev–Trinajstić information content (AvgIpc) is 2.04. The van der Waals surface area contributed by atoms with Crippen molar-refractivity contribution in [1.82, 2.24) is 4.98 Å². The van der Waals surface area contributed by atoms with Gasteiger partial charge in [-0.25, -0.2) is 8.78 Å². The lowest BCUT2D eigenvalue weighted by molar-refractivity contribution is 0.150. The van der Waals surface area contributed by atoms with Crippen molar-refractivity contribution in [2.75, 3.05) is 0 Å². The Hall–Kier alpha value is -0.900. The van der Waals surface area contributed by atoms with Crippen molar-refractivity contribution in [1.29, 1.82) is 0 Å². The van der Waals surface area contributed by atoms with Crippen LogP contribution >= 0.6 is 11.6 Å². The average molecular weight is 194 g/mol. The molecular weight excluding hydrogens is 188 g/mol. The maximum absolute atomic E-state index is 12.0. The van der Waals surface area contributed by atoms with Crippen molar-refractivity contribution < 1.29 is 13.9 Å². The molecule has 66 valence electrons. The monoisotopic (exact) mass is 193 g/mol. The molecule has 0 saturated carbocycles. The molecule has 1 rings (SSSR count). The van der Waals surface area contributed by atoms with E-state index in [1.54, 1.807) is 0 Å². The second kappa shape index (κ2) is 3.67. The lowest BCUT2D eigenvalue weighted by Crippen LogP contribution is -1.90. The number of rotatable bonds is 2. The highest BCUT2D eigenvalue weighted by molar-refractivity contribution is 6.17. The Balaban J connectivity index is 3.02. The Bertz CT molecular complexity index is 280. The van der Waals surface area contributed by atoms with E-state index in [1.165, 1.54) is 0 Å². The largest absolute Gasteiger partial charge is 0.506 e. The van der Waals surface area contributed by atoms with Crippen LogP contribution in [0.4, 0.5) is 8.78 Å². The van der Waals surface area contributed by atoms with Crippen molar-refractivity contribution in [2.24, 2.45) is 0 Å². The van der Waals surface area contributed by atoms with E-state index >= 15 is 0 Å². The summed E-state index contributed by atoms with van der Waals surface area (Å²) in [6.45, 7) is 0. The molecule has 1 aromatic heterocycles. The number of aromatic hydroxyl groups is 1. The molecule has 0 aliphatic heterocycles. The van der Waals surface area contributed by atoms with Crippen LogP contribution in [0.15, 0.2) is 12.3 Å². The van der Waals surface area contributed by atoms with Gasteiger partial charge in [0.2, 0.25) is 0 Å². The van der Waals surface area contributed by atoms with E-state index in [2.05, 4.69) is 4.98 Å². The molecule has 0 spiro atoms. The summed E-state index contributed by atoms with van der Waals surface area (Å²) >= 11 is 5.35. The number of hydrogen-bond acceptors (Lipinski definition) is 2. The van der Waals surface area contributed by atoms with Gasteiger partial charge in [-0.15, -0.1) is 11.6 Å². The molecule has 0 amide bonds. The van der Waals surface area contributed by atoms with Gasteiger partial charge < -0.3 is 5.11 Å². The maximum Gasteiger partial charge on any atom is 0.265 e. The molecule has 1 heterocycles. The van der Waals surface area contributed by atoms with Crippen LogP contribution in [0.5, 0.6) is 5.75 Å². The predicted molar refractivity (Wildman–Crippen MR) is 40.4 cm³/mol. The summed E-state index contributed by atoms with van der Waals surface area (Å²) in [5.74, 6) is -0.280. The molecule has 0 aromatic carbocycles. The fourth-order valence-corrected chi connectivity index (χ4v) is 0.925. The first-order valence-electron chi connectivity index (χ1n) is 3.17. The van der Waals surface area contributed by atoms with E-state index in [0.29, 0.717) is 0 Å². The predicted octanol–water partition coefficient (Wildman–Crippen LogP) is 2.46. The third-order valence-electron chi connectivity index (χ3n) is 1.35. The van der Waals surface area contributed by atoms with Crippen LogP contribution in [-0.4, -0.2) is 10.1 Å². The number of halogens is 3. The van der Waals surface area contributed by atoms with Crippen LogP contribution in [0, 0.1) is 0 Å². The molecule has 1 N–H and O–H groups in total. The molecule has 0 saturated heterocycles. The van der Waals surface area contributed by atoms with Crippen molar-refractivity contribution in [3.8, 4) is 5.75 Å². The van der Waals surface area contributed by atoms with Crippen LogP contribution in [-0.2, 0) is 5.88 Å². The first-order valence-corrected chi connectivity index (χ1v) is 3.70. The van der Waals surface area contributed by atoms with E-state index in [9.17, 15) is 8.78 Å². The molecule has 1 aromatic rings. The number of aromatic nitrogens is 1. The summed E-state index contributed by atoms with van der Waals surface area (Å²) in [6, 6.07) is 0.968. The smallest absolute Gasteiger partial charge is 0.265 e. The zero-order chi connectivity index (χ0) is 9.14. The minimum absolute atomic E-state index is 0.00928. The van der Waals surface area contributed by atoms with Gasteiger partial charge >= 0.3 is 0 Å². The van der Waals surface area contributed by atoms with Gasteiger partial charge in [-0.1, -0.05) is 0 Å². The Morgan fingerprint density at radius 1 is 1.58 bits per heavy atom. The van der Waals surface area contributed by atoms with Crippen molar-refractivity contribution in [2.45, 2.75) is 12.3 Å². The highest BCUT2D eigenvalue weighted by Gasteiger charge is 2.10. The van der Waals surface area contributed by atoms with Crippen molar-refractivity contribution in [3.63, 3.8) is 0 Å². The normalized spacial score (nSPS) is 10.7. The Morgan fingerprint density at radius 3 is 2.67 bits per heavy atom. The van der Waals surface area contributed by atoms with Crippen molar-refractivity contribution in [3.05, 3.63) is 23.5 Å². The Kier molecular flexibility index (Phi) is 2.81. The molecule has 0 atom stereocenters. The number of nitrogens with zero attached hydrogens (tertiary/aromatic N) is 1. The van der Waals surface area contributed by atoms with Crippen LogP contribution in [0.2, 0.25) is 0 Å². The van der Waals surface area contributed by atoms with Gasteiger partial charge in [-0.2, -0.15) is 0 Å². The fourth-order valence-electron chi connectivity index (χ4n) is 0.719. The topological polar surface area (TPSA) is 33.1 Å². The minimum Gasteiger partial charge on any atom is -0.506 e. The van der Waals surface area contributed by atoms with Crippen LogP contribution < -0.4 is 0 Å². The second-order valence-electron chi connectivity index (χ2n) is 2.17. The fraction of sp³-hybridized carbons (Fsp3) is 0.286. The van der Waals surface area contributed by atoms with E-state index in [4.69, 9.17) is 16.7 Å². The SMILES string of the molecule is Oc1cc(C(F)F)cnc1CCl. The minimum atomic E-state index is -2.62. The summed E-state index contributed by atoms with van der Waals surface area (Å²) in [7, 11) is 0. The molecule has 0 radical (unpaired) electrons. The first-order chi connectivity index (χ1) is 5.65. The Labute approximate surface area is 72.8 Å². The molecule has 0 aliphatic rings. The van der Waals surface area contributed by atoms with Gasteiger partial charge in [0.05, 0.1) is 11.6 Å². The van der Waals surface area contributed by atoms with Gasteiger partial charge in [0.25, 0.3) is 6.43 Å². The third-order valence-corrected chi connectivity index (χ3v) is 1.60. The number of alkyl halides is 3. The van der Waals surface area contributed by atoms with Gasteiger partial charge in [-0.05, 0) is 6.07 Å². The van der Waals surface area contributed by atoms with Gasteiger partial charge in [0, 0.05) is 11.8 Å². The van der Waals surface area contributed by atoms with E-state index in [-0.39, 0.29) is 22.9 Å². The summed E-state index contributed by atoms with van der Waals surface area (Å²) in [5, 5.41) is 9.06. The lowest BCUT2D eigenvalue weighted by atomic mass is 10.2. The van der Waals surface area contributed by atoms with Crippen LogP contribution in [0.25, 0.3) is 0 Å². The number of pyridine rings is 1. The van der Waals surface area contributed by atoms with Crippen molar-refractivity contribution >= 4 is 11.6 Å². The van der Waals surface area contributed by atoms with Gasteiger partial charge in [0.15, 0.2) is 0 Å². The van der Waals surface area contributed by atoms with Gasteiger partial charge in [0.1, 0.15) is 5.75 Å². The molecule has 0 bridgehead atoms. The first kappa shape index (κ1) is 9.19. The molecule has 2 nitrogen and oxygen atoms in total. The zero-order valence-corrected chi connectivity index (χ0v) is 6.72.